The van der Waals surface area contributed by atoms with Crippen molar-refractivity contribution >= 4 is 27.4 Å². The number of benzene rings is 2. The average molecular weight is 383 g/mol. The molecule has 9 heteroatoms. The minimum atomic E-state index is -4.18. The van der Waals surface area contributed by atoms with Gasteiger partial charge in [0.15, 0.2) is 0 Å². The Morgan fingerprint density at radius 1 is 1.04 bits per heavy atom. The van der Waals surface area contributed by atoms with Crippen molar-refractivity contribution in [2.75, 3.05) is 16.6 Å². The first-order valence-electron chi connectivity index (χ1n) is 7.81. The molecule has 2 amide bonds. The number of carbonyl (C=O) groups excluding carboxylic acids is 1. The first kappa shape index (κ1) is 19.6. The molecule has 0 spiro atoms. The molecule has 0 saturated carbocycles. The highest BCUT2D eigenvalue weighted by molar-refractivity contribution is 7.92. The number of halogens is 2. The van der Waals surface area contributed by atoms with Crippen LogP contribution in [0.5, 0.6) is 0 Å². The second kappa shape index (κ2) is 8.13. The molecule has 0 heterocycles. The molecule has 0 unspecified atom stereocenters. The van der Waals surface area contributed by atoms with Crippen LogP contribution in [0.1, 0.15) is 13.8 Å². The average Bonchev–Trinajstić information content (AvgIpc) is 2.57. The topological polar surface area (TPSA) is 87.3 Å². The zero-order valence-electron chi connectivity index (χ0n) is 14.2. The van der Waals surface area contributed by atoms with E-state index in [0.717, 1.165) is 18.2 Å². The zero-order chi connectivity index (χ0) is 19.3. The van der Waals surface area contributed by atoms with E-state index in [1.807, 2.05) is 18.6 Å². The molecule has 0 aliphatic carbocycles. The Bertz CT molecular complexity index is 864. The van der Waals surface area contributed by atoms with Gasteiger partial charge >= 0.3 is 6.03 Å². The summed E-state index contributed by atoms with van der Waals surface area (Å²) in [5, 5.41) is 5.22. The summed E-state index contributed by atoms with van der Waals surface area (Å²) < 4.78 is 53.7. The summed E-state index contributed by atoms with van der Waals surface area (Å²) in [4.78, 5) is 11.5. The van der Waals surface area contributed by atoms with Crippen LogP contribution in [-0.2, 0) is 10.0 Å². The molecule has 0 saturated heterocycles. The van der Waals surface area contributed by atoms with E-state index in [4.69, 9.17) is 0 Å². The summed E-state index contributed by atoms with van der Waals surface area (Å²) in [6.45, 7) is 4.40. The van der Waals surface area contributed by atoms with Gasteiger partial charge in [-0.2, -0.15) is 0 Å². The summed E-state index contributed by atoms with van der Waals surface area (Å²) in [7, 11) is -4.18. The van der Waals surface area contributed by atoms with Crippen molar-refractivity contribution in [3.63, 3.8) is 0 Å². The minimum absolute atomic E-state index is 0.201. The summed E-state index contributed by atoms with van der Waals surface area (Å²) in [6, 6.07) is 7.81. The molecule has 140 valence electrons. The summed E-state index contributed by atoms with van der Waals surface area (Å²) in [5.41, 5.74) is -0.370. The third-order valence-corrected chi connectivity index (χ3v) is 4.66. The van der Waals surface area contributed by atoms with Gasteiger partial charge < -0.3 is 10.6 Å². The van der Waals surface area contributed by atoms with Gasteiger partial charge in [0.05, 0.1) is 4.90 Å². The molecule has 26 heavy (non-hydrogen) atoms. The number of urea groups is 1. The van der Waals surface area contributed by atoms with Crippen LogP contribution in [0.25, 0.3) is 0 Å². The Hall–Kier alpha value is -2.68. The molecular weight excluding hydrogens is 364 g/mol. The van der Waals surface area contributed by atoms with Crippen LogP contribution in [-0.4, -0.2) is 21.0 Å². The van der Waals surface area contributed by atoms with Crippen LogP contribution < -0.4 is 15.4 Å². The molecule has 0 aromatic heterocycles. The lowest BCUT2D eigenvalue weighted by molar-refractivity contribution is 0.251. The molecule has 0 aliphatic heterocycles. The second-order valence-electron chi connectivity index (χ2n) is 5.96. The van der Waals surface area contributed by atoms with Crippen molar-refractivity contribution in [1.29, 1.82) is 0 Å². The Morgan fingerprint density at radius 3 is 2.15 bits per heavy atom. The smallest absolute Gasteiger partial charge is 0.319 e. The predicted molar refractivity (Wildman–Crippen MR) is 95.5 cm³/mol. The highest BCUT2D eigenvalue weighted by Gasteiger charge is 2.19. The van der Waals surface area contributed by atoms with Crippen LogP contribution in [0.3, 0.4) is 0 Å². The lowest BCUT2D eigenvalue weighted by Gasteiger charge is -2.11. The lowest BCUT2D eigenvalue weighted by Crippen LogP contribution is -2.31. The van der Waals surface area contributed by atoms with Gasteiger partial charge in [0.2, 0.25) is 0 Å². The van der Waals surface area contributed by atoms with Gasteiger partial charge in [-0.05, 0) is 42.3 Å². The number of hydrogen-bond donors (Lipinski definition) is 3. The lowest BCUT2D eigenvalue weighted by atomic mass is 10.2. The molecule has 3 N–H and O–H groups in total. The van der Waals surface area contributed by atoms with Gasteiger partial charge in [0.25, 0.3) is 10.0 Å². The number of amides is 2. The second-order valence-corrected chi connectivity index (χ2v) is 7.64. The molecule has 2 rings (SSSR count). The Balaban J connectivity index is 2.10. The normalized spacial score (nSPS) is 11.3. The van der Waals surface area contributed by atoms with Crippen molar-refractivity contribution in [2.45, 2.75) is 18.7 Å². The maximum absolute atomic E-state index is 13.6. The zero-order valence-corrected chi connectivity index (χ0v) is 15.0. The standard InChI is InChI=1S/C17H19F2N3O3S/c1-11(2)10-20-17(23)21-12-6-8-13(9-7-12)26(24,25)22-16-14(18)4-3-5-15(16)19/h3-9,11,22H,10H2,1-2H3,(H2,20,21,23). The van der Waals surface area contributed by atoms with E-state index >= 15 is 0 Å². The first-order valence-corrected chi connectivity index (χ1v) is 9.29. The molecule has 0 aliphatic rings. The molecule has 0 radical (unpaired) electrons. The summed E-state index contributed by atoms with van der Waals surface area (Å²) in [6.07, 6.45) is 0. The number of anilines is 2. The Morgan fingerprint density at radius 2 is 1.62 bits per heavy atom. The molecule has 0 bridgehead atoms. The number of carbonyl (C=O) groups is 1. The van der Waals surface area contributed by atoms with Gasteiger partial charge in [-0.25, -0.2) is 22.0 Å². The third-order valence-electron chi connectivity index (χ3n) is 3.29. The Kier molecular flexibility index (Phi) is 6.14. The van der Waals surface area contributed by atoms with E-state index in [1.165, 1.54) is 24.3 Å². The van der Waals surface area contributed by atoms with Crippen molar-refractivity contribution in [1.82, 2.24) is 5.32 Å². The highest BCUT2D eigenvalue weighted by atomic mass is 32.2. The van der Waals surface area contributed by atoms with E-state index in [9.17, 15) is 22.0 Å². The maximum atomic E-state index is 13.6. The number of rotatable bonds is 6. The number of hydrogen-bond acceptors (Lipinski definition) is 3. The van der Waals surface area contributed by atoms with Crippen LogP contribution in [0, 0.1) is 17.6 Å². The van der Waals surface area contributed by atoms with Gasteiger partial charge in [-0.1, -0.05) is 19.9 Å². The van der Waals surface area contributed by atoms with Crippen LogP contribution >= 0.6 is 0 Å². The SMILES string of the molecule is CC(C)CNC(=O)Nc1ccc(S(=O)(=O)Nc2c(F)cccc2F)cc1. The van der Waals surface area contributed by atoms with E-state index < -0.39 is 33.4 Å². The molecule has 2 aromatic rings. The minimum Gasteiger partial charge on any atom is -0.338 e. The quantitative estimate of drug-likeness (QED) is 0.713. The highest BCUT2D eigenvalue weighted by Crippen LogP contribution is 2.23. The van der Waals surface area contributed by atoms with Crippen molar-refractivity contribution in [3.8, 4) is 0 Å². The van der Waals surface area contributed by atoms with E-state index in [0.29, 0.717) is 12.2 Å². The fourth-order valence-corrected chi connectivity index (χ4v) is 3.05. The fraction of sp³-hybridized carbons (Fsp3) is 0.235. The van der Waals surface area contributed by atoms with Crippen LogP contribution in [0.4, 0.5) is 25.0 Å². The van der Waals surface area contributed by atoms with Gasteiger partial charge in [0.1, 0.15) is 17.3 Å². The number of para-hydroxylation sites is 1. The monoisotopic (exact) mass is 383 g/mol. The van der Waals surface area contributed by atoms with Gasteiger partial charge in [-0.15, -0.1) is 0 Å². The van der Waals surface area contributed by atoms with Crippen molar-refractivity contribution in [2.24, 2.45) is 5.92 Å². The van der Waals surface area contributed by atoms with E-state index in [-0.39, 0.29) is 10.8 Å². The summed E-state index contributed by atoms with van der Waals surface area (Å²) >= 11 is 0. The van der Waals surface area contributed by atoms with Crippen molar-refractivity contribution < 1.29 is 22.0 Å². The van der Waals surface area contributed by atoms with Crippen LogP contribution in [0.2, 0.25) is 0 Å². The van der Waals surface area contributed by atoms with E-state index in [2.05, 4.69) is 10.6 Å². The number of sulfonamides is 1. The third kappa shape index (κ3) is 5.16. The summed E-state index contributed by atoms with van der Waals surface area (Å²) in [5.74, 6) is -1.75. The predicted octanol–water partition coefficient (Wildman–Crippen LogP) is 3.54. The van der Waals surface area contributed by atoms with Gasteiger partial charge in [0, 0.05) is 12.2 Å². The van der Waals surface area contributed by atoms with Gasteiger partial charge in [-0.3, -0.25) is 4.72 Å². The largest absolute Gasteiger partial charge is 0.338 e. The van der Waals surface area contributed by atoms with Crippen molar-refractivity contribution in [3.05, 3.63) is 54.1 Å². The first-order chi connectivity index (χ1) is 12.2. The van der Waals surface area contributed by atoms with E-state index in [1.54, 1.807) is 0 Å². The fourth-order valence-electron chi connectivity index (χ4n) is 1.98. The molecule has 0 fully saturated rings. The Labute approximate surface area is 150 Å². The molecule has 6 nitrogen and oxygen atoms in total. The molecular formula is C17H19F2N3O3S. The molecule has 0 atom stereocenters. The van der Waals surface area contributed by atoms with Crippen LogP contribution in [0.15, 0.2) is 47.4 Å². The maximum Gasteiger partial charge on any atom is 0.319 e. The molecule has 2 aromatic carbocycles. The number of nitrogens with one attached hydrogen (secondary N) is 3.